The molecule has 1 aromatic heterocycles. The Labute approximate surface area is 162 Å². The molecule has 0 aliphatic carbocycles. The zero-order valence-corrected chi connectivity index (χ0v) is 15.8. The number of hydrogen-bond donors (Lipinski definition) is 0. The van der Waals surface area contributed by atoms with Gasteiger partial charge in [0.05, 0.1) is 24.7 Å². The lowest BCUT2D eigenvalue weighted by Gasteiger charge is -2.42. The first-order valence-corrected chi connectivity index (χ1v) is 9.43. The van der Waals surface area contributed by atoms with Crippen molar-refractivity contribution in [2.75, 3.05) is 31.1 Å². The van der Waals surface area contributed by atoms with Crippen molar-refractivity contribution in [3.63, 3.8) is 0 Å². The van der Waals surface area contributed by atoms with E-state index in [-0.39, 0.29) is 24.2 Å². The highest BCUT2D eigenvalue weighted by atomic mass is 19.1. The van der Waals surface area contributed by atoms with Gasteiger partial charge >= 0.3 is 0 Å². The molecular weight excluding hydrogens is 363 g/mol. The standard InChI is InChI=1S/C20H23FN4O3/c1-23-14-22-11-17(23)19(27)24-8-3-6-20(7-9-24)13-25(18(26)12-28-20)16-5-2-4-15(21)10-16/h2,4-5,10-11,14H,3,6-9,12-13H2,1H3. The highest BCUT2D eigenvalue weighted by Crippen LogP contribution is 2.33. The third-order valence-electron chi connectivity index (χ3n) is 5.59. The van der Waals surface area contributed by atoms with Crippen molar-refractivity contribution in [1.29, 1.82) is 0 Å². The average molecular weight is 386 g/mol. The first kappa shape index (κ1) is 18.6. The summed E-state index contributed by atoms with van der Waals surface area (Å²) in [5.41, 5.74) is 0.568. The van der Waals surface area contributed by atoms with Crippen molar-refractivity contribution in [1.82, 2.24) is 14.5 Å². The Kier molecular flexibility index (Phi) is 4.89. The van der Waals surface area contributed by atoms with Crippen LogP contribution in [0.1, 0.15) is 29.8 Å². The number of morpholine rings is 1. The quantitative estimate of drug-likeness (QED) is 0.792. The summed E-state index contributed by atoms with van der Waals surface area (Å²) in [6.07, 6.45) is 5.31. The molecular formula is C20H23FN4O3. The van der Waals surface area contributed by atoms with Crippen molar-refractivity contribution in [2.24, 2.45) is 7.05 Å². The Morgan fingerprint density at radius 1 is 1.29 bits per heavy atom. The molecule has 1 atom stereocenters. The molecule has 0 N–H and O–H groups in total. The summed E-state index contributed by atoms with van der Waals surface area (Å²) in [6, 6.07) is 6.06. The lowest BCUT2D eigenvalue weighted by molar-refractivity contribution is -0.140. The van der Waals surface area contributed by atoms with E-state index in [2.05, 4.69) is 4.98 Å². The zero-order valence-electron chi connectivity index (χ0n) is 15.8. The van der Waals surface area contributed by atoms with Gasteiger partial charge in [-0.05, 0) is 37.5 Å². The third-order valence-corrected chi connectivity index (χ3v) is 5.59. The first-order valence-electron chi connectivity index (χ1n) is 9.43. The molecule has 3 heterocycles. The number of benzene rings is 1. The maximum atomic E-state index is 13.6. The molecule has 2 aliphatic rings. The number of aromatic nitrogens is 2. The second-order valence-corrected chi connectivity index (χ2v) is 7.47. The number of imidazole rings is 1. The van der Waals surface area contributed by atoms with Crippen LogP contribution in [0, 0.1) is 5.82 Å². The van der Waals surface area contributed by atoms with Crippen LogP contribution >= 0.6 is 0 Å². The van der Waals surface area contributed by atoms with Gasteiger partial charge in [0.25, 0.3) is 11.8 Å². The largest absolute Gasteiger partial charge is 0.363 e. The SMILES string of the molecule is Cn1cncc1C(=O)N1CCCC2(CC1)CN(c1cccc(F)c1)C(=O)CO2. The second kappa shape index (κ2) is 7.35. The van der Waals surface area contributed by atoms with Crippen LogP contribution in [0.3, 0.4) is 0 Å². The predicted octanol–water partition coefficient (Wildman–Crippen LogP) is 1.99. The number of amides is 2. The number of ether oxygens (including phenoxy) is 1. The monoisotopic (exact) mass is 386 g/mol. The lowest BCUT2D eigenvalue weighted by Crippen LogP contribution is -2.55. The molecule has 0 radical (unpaired) electrons. The number of aryl methyl sites for hydroxylation is 1. The van der Waals surface area contributed by atoms with Gasteiger partial charge < -0.3 is 19.1 Å². The molecule has 2 saturated heterocycles. The average Bonchev–Trinajstić information content (AvgIpc) is 3.01. The summed E-state index contributed by atoms with van der Waals surface area (Å²) in [5.74, 6) is -0.603. The van der Waals surface area contributed by atoms with Gasteiger partial charge in [0.15, 0.2) is 0 Å². The topological polar surface area (TPSA) is 67.7 Å². The number of halogens is 1. The van der Waals surface area contributed by atoms with Crippen molar-refractivity contribution in [2.45, 2.75) is 24.9 Å². The van der Waals surface area contributed by atoms with E-state index < -0.39 is 5.60 Å². The Bertz CT molecular complexity index is 899. The maximum absolute atomic E-state index is 13.6. The fourth-order valence-electron chi connectivity index (χ4n) is 3.99. The minimum atomic E-state index is -0.526. The fraction of sp³-hybridized carbons (Fsp3) is 0.450. The number of nitrogens with zero attached hydrogens (tertiary/aromatic N) is 4. The fourth-order valence-corrected chi connectivity index (χ4v) is 3.99. The van der Waals surface area contributed by atoms with Crippen LogP contribution in [0.4, 0.5) is 10.1 Å². The first-order chi connectivity index (χ1) is 13.5. The minimum Gasteiger partial charge on any atom is -0.363 e. The van der Waals surface area contributed by atoms with Crippen molar-refractivity contribution >= 4 is 17.5 Å². The van der Waals surface area contributed by atoms with Crippen LogP contribution < -0.4 is 4.90 Å². The molecule has 4 rings (SSSR count). The molecule has 7 nitrogen and oxygen atoms in total. The summed E-state index contributed by atoms with van der Waals surface area (Å²) >= 11 is 0. The van der Waals surface area contributed by atoms with Crippen molar-refractivity contribution in [3.05, 3.63) is 48.3 Å². The van der Waals surface area contributed by atoms with E-state index in [4.69, 9.17) is 4.74 Å². The van der Waals surface area contributed by atoms with E-state index in [1.807, 2.05) is 4.90 Å². The van der Waals surface area contributed by atoms with E-state index in [0.29, 0.717) is 37.4 Å². The molecule has 28 heavy (non-hydrogen) atoms. The van der Waals surface area contributed by atoms with Gasteiger partial charge in [-0.25, -0.2) is 9.37 Å². The summed E-state index contributed by atoms with van der Waals surface area (Å²) in [5, 5.41) is 0. The second-order valence-electron chi connectivity index (χ2n) is 7.47. The summed E-state index contributed by atoms with van der Waals surface area (Å²) < 4.78 is 21.3. The molecule has 148 valence electrons. The number of carbonyl (C=O) groups excluding carboxylic acids is 2. The van der Waals surface area contributed by atoms with Gasteiger partial charge in [0.2, 0.25) is 0 Å². The Morgan fingerprint density at radius 3 is 2.89 bits per heavy atom. The number of hydrogen-bond acceptors (Lipinski definition) is 4. The molecule has 2 amide bonds. The van der Waals surface area contributed by atoms with Crippen LogP contribution in [-0.2, 0) is 16.6 Å². The molecule has 1 aromatic carbocycles. The van der Waals surface area contributed by atoms with Gasteiger partial charge in [-0.3, -0.25) is 9.59 Å². The van der Waals surface area contributed by atoms with Crippen molar-refractivity contribution in [3.8, 4) is 0 Å². The normalized spacial score (nSPS) is 23.1. The number of anilines is 1. The smallest absolute Gasteiger partial charge is 0.272 e. The molecule has 1 spiro atoms. The Balaban J connectivity index is 1.50. The Hall–Kier alpha value is -2.74. The highest BCUT2D eigenvalue weighted by Gasteiger charge is 2.42. The molecule has 1 unspecified atom stereocenters. The van der Waals surface area contributed by atoms with Gasteiger partial charge in [0, 0.05) is 25.8 Å². The number of likely N-dealkylation sites (tertiary alicyclic amines) is 1. The van der Waals surface area contributed by atoms with Gasteiger partial charge in [0.1, 0.15) is 18.1 Å². The lowest BCUT2D eigenvalue weighted by atomic mass is 9.92. The summed E-state index contributed by atoms with van der Waals surface area (Å²) in [6.45, 7) is 1.49. The van der Waals surface area contributed by atoms with Gasteiger partial charge in [-0.1, -0.05) is 6.07 Å². The van der Waals surface area contributed by atoms with E-state index in [1.165, 1.54) is 12.1 Å². The number of rotatable bonds is 2. The van der Waals surface area contributed by atoms with Gasteiger partial charge in [-0.2, -0.15) is 0 Å². The Morgan fingerprint density at radius 2 is 2.14 bits per heavy atom. The molecule has 0 saturated carbocycles. The van der Waals surface area contributed by atoms with E-state index in [9.17, 15) is 14.0 Å². The number of carbonyl (C=O) groups is 2. The van der Waals surface area contributed by atoms with E-state index in [0.717, 1.165) is 12.8 Å². The van der Waals surface area contributed by atoms with Crippen LogP contribution in [0.2, 0.25) is 0 Å². The van der Waals surface area contributed by atoms with Crippen LogP contribution in [0.15, 0.2) is 36.8 Å². The molecule has 2 fully saturated rings. The van der Waals surface area contributed by atoms with E-state index >= 15 is 0 Å². The maximum Gasteiger partial charge on any atom is 0.272 e. The predicted molar refractivity (Wildman–Crippen MR) is 100 cm³/mol. The van der Waals surface area contributed by atoms with E-state index in [1.54, 1.807) is 41.2 Å². The highest BCUT2D eigenvalue weighted by molar-refractivity contribution is 5.95. The zero-order chi connectivity index (χ0) is 19.7. The van der Waals surface area contributed by atoms with Gasteiger partial charge in [-0.15, -0.1) is 0 Å². The summed E-state index contributed by atoms with van der Waals surface area (Å²) in [7, 11) is 1.80. The van der Waals surface area contributed by atoms with Crippen molar-refractivity contribution < 1.29 is 18.7 Å². The van der Waals surface area contributed by atoms with Crippen LogP contribution in [-0.4, -0.2) is 58.1 Å². The van der Waals surface area contributed by atoms with Crippen LogP contribution in [0.5, 0.6) is 0 Å². The van der Waals surface area contributed by atoms with Crippen LogP contribution in [0.25, 0.3) is 0 Å². The molecule has 0 bridgehead atoms. The third kappa shape index (κ3) is 3.52. The minimum absolute atomic E-state index is 0.0355. The molecule has 8 heteroatoms. The molecule has 2 aliphatic heterocycles. The summed E-state index contributed by atoms with van der Waals surface area (Å²) in [4.78, 5) is 32.6. The molecule has 2 aromatic rings.